The van der Waals surface area contributed by atoms with Gasteiger partial charge in [0.15, 0.2) is 0 Å². The van der Waals surface area contributed by atoms with Crippen molar-refractivity contribution in [3.8, 4) is 0 Å². The van der Waals surface area contributed by atoms with Crippen molar-refractivity contribution in [3.05, 3.63) is 0 Å². The monoisotopic (exact) mass is 1070 g/mol. The van der Waals surface area contributed by atoms with Gasteiger partial charge in [-0.25, -0.2) is 0 Å². The normalized spacial score (nSPS) is 12.4. The van der Waals surface area contributed by atoms with Gasteiger partial charge in [0, 0.05) is 12.8 Å². The van der Waals surface area contributed by atoms with Crippen LogP contribution in [0.5, 0.6) is 0 Å². The zero-order chi connectivity index (χ0) is 55.0. The van der Waals surface area contributed by atoms with Crippen LogP contribution in [-0.4, -0.2) is 47.4 Å². The Bertz CT molecular complexity index is 1100. The van der Waals surface area contributed by atoms with Crippen molar-refractivity contribution in [3.63, 3.8) is 0 Å². The van der Waals surface area contributed by atoms with E-state index in [9.17, 15) is 19.8 Å². The molecule has 6 nitrogen and oxygen atoms in total. The Morgan fingerprint density at radius 2 is 0.539 bits per heavy atom. The fourth-order valence-electron chi connectivity index (χ4n) is 11.5. The highest BCUT2D eigenvalue weighted by Gasteiger charge is 2.20. The fraction of sp³-hybridized carbons (Fsp3) is 0.971. The predicted molar refractivity (Wildman–Crippen MR) is 334 cm³/mol. The molecule has 3 N–H and O–H groups in total. The Kier molecular flexibility index (Phi) is 65.4. The maximum absolute atomic E-state index is 12.5. The minimum Gasteiger partial charge on any atom is -0.466 e. The molecule has 0 spiro atoms. The number of aliphatic hydroxyl groups is 2. The summed E-state index contributed by atoms with van der Waals surface area (Å²) in [5.74, 6) is -0.0107. The molecule has 0 aliphatic heterocycles. The van der Waals surface area contributed by atoms with Gasteiger partial charge in [-0.05, 0) is 25.7 Å². The molecule has 1 amide bonds. The van der Waals surface area contributed by atoms with E-state index in [2.05, 4.69) is 19.2 Å². The number of unbranched alkanes of at least 4 members (excludes halogenated alkanes) is 56. The number of hydrogen-bond acceptors (Lipinski definition) is 5. The second-order valence-corrected chi connectivity index (χ2v) is 24.6. The number of hydrogen-bond donors (Lipinski definition) is 3. The summed E-state index contributed by atoms with van der Waals surface area (Å²) >= 11 is 0. The molecule has 76 heavy (non-hydrogen) atoms. The molecule has 0 heterocycles. The Morgan fingerprint density at radius 3 is 0.803 bits per heavy atom. The Labute approximate surface area is 476 Å². The molecule has 0 aliphatic carbocycles. The van der Waals surface area contributed by atoms with E-state index < -0.39 is 12.1 Å². The van der Waals surface area contributed by atoms with Gasteiger partial charge in [0.1, 0.15) is 0 Å². The van der Waals surface area contributed by atoms with Gasteiger partial charge in [-0.3, -0.25) is 9.59 Å². The number of ether oxygens (including phenoxy) is 1. The molecule has 0 saturated carbocycles. The highest BCUT2D eigenvalue weighted by atomic mass is 16.5. The second kappa shape index (κ2) is 66.4. The Balaban J connectivity index is 3.34. The van der Waals surface area contributed by atoms with Gasteiger partial charge < -0.3 is 20.3 Å². The molecule has 0 radical (unpaired) electrons. The minimum absolute atomic E-state index is 0.0196. The highest BCUT2D eigenvalue weighted by molar-refractivity contribution is 5.76. The largest absolute Gasteiger partial charge is 0.466 e. The van der Waals surface area contributed by atoms with E-state index in [1.165, 1.54) is 340 Å². The van der Waals surface area contributed by atoms with Crippen molar-refractivity contribution in [2.24, 2.45) is 0 Å². The summed E-state index contributed by atoms with van der Waals surface area (Å²) in [6.45, 7) is 5.00. The zero-order valence-corrected chi connectivity index (χ0v) is 52.0. The first-order valence-electron chi connectivity index (χ1n) is 35.3. The second-order valence-electron chi connectivity index (χ2n) is 24.6. The number of rotatable bonds is 67. The molecule has 6 heteroatoms. The van der Waals surface area contributed by atoms with E-state index in [1.54, 1.807) is 0 Å². The first kappa shape index (κ1) is 74.9. The Hall–Kier alpha value is -1.14. The number of nitrogens with one attached hydrogen (secondary N) is 1. The summed E-state index contributed by atoms with van der Waals surface area (Å²) in [5.41, 5.74) is 0. The van der Waals surface area contributed by atoms with E-state index in [0.717, 1.165) is 38.5 Å². The average molecular weight is 1070 g/mol. The third-order valence-corrected chi connectivity index (χ3v) is 16.9. The smallest absolute Gasteiger partial charge is 0.305 e. The van der Waals surface area contributed by atoms with Crippen LogP contribution in [0.2, 0.25) is 0 Å². The summed E-state index contributed by atoms with van der Waals surface area (Å²) < 4.78 is 5.51. The van der Waals surface area contributed by atoms with Crippen LogP contribution in [0.25, 0.3) is 0 Å². The van der Waals surface area contributed by atoms with E-state index in [1.807, 2.05) is 0 Å². The summed E-state index contributed by atoms with van der Waals surface area (Å²) in [7, 11) is 0. The summed E-state index contributed by atoms with van der Waals surface area (Å²) in [4.78, 5) is 24.6. The maximum Gasteiger partial charge on any atom is 0.305 e. The van der Waals surface area contributed by atoms with Gasteiger partial charge in [-0.2, -0.15) is 0 Å². The van der Waals surface area contributed by atoms with Crippen LogP contribution in [0.15, 0.2) is 0 Å². The lowest BCUT2D eigenvalue weighted by Gasteiger charge is -2.22. The van der Waals surface area contributed by atoms with Crippen molar-refractivity contribution in [2.75, 3.05) is 13.2 Å². The third-order valence-electron chi connectivity index (χ3n) is 16.9. The maximum atomic E-state index is 12.5. The first-order valence-corrected chi connectivity index (χ1v) is 35.3. The standard InChI is InChI=1S/C70H139NO5/c1-3-5-7-9-11-13-15-17-19-21-27-32-36-40-44-48-52-56-60-64-70(75)76-65-61-57-53-49-45-41-37-33-29-26-24-23-25-28-31-35-39-43-47-51-55-59-63-69(74)71-67(66-72)68(73)62-58-54-50-46-42-38-34-30-22-20-18-16-14-12-10-8-6-4-2/h67-68,72-73H,3-66H2,1-2H3,(H,71,74). The molecule has 0 aromatic heterocycles. The molecule has 0 aromatic rings. The van der Waals surface area contributed by atoms with Crippen LogP contribution >= 0.6 is 0 Å². The van der Waals surface area contributed by atoms with Crippen LogP contribution in [0.1, 0.15) is 412 Å². The Morgan fingerprint density at radius 1 is 0.316 bits per heavy atom. The molecule has 0 fully saturated rings. The molecule has 454 valence electrons. The molecule has 0 bridgehead atoms. The summed E-state index contributed by atoms with van der Waals surface area (Å²) in [6, 6.07) is -0.541. The molecule has 0 aliphatic rings. The molecule has 2 unspecified atom stereocenters. The SMILES string of the molecule is CCCCCCCCCCCCCCCCCCCCCC(=O)OCCCCCCCCCCCCCCCCCCCCCCCCC(=O)NC(CO)C(O)CCCCCCCCCCCCCCCCCCCC. The molecule has 0 rings (SSSR count). The third kappa shape index (κ3) is 62.1. The van der Waals surface area contributed by atoms with Gasteiger partial charge >= 0.3 is 5.97 Å². The van der Waals surface area contributed by atoms with Crippen molar-refractivity contribution in [1.29, 1.82) is 0 Å². The van der Waals surface area contributed by atoms with E-state index in [0.29, 0.717) is 25.9 Å². The van der Waals surface area contributed by atoms with Crippen molar-refractivity contribution >= 4 is 11.9 Å². The molecule has 0 aromatic carbocycles. The topological polar surface area (TPSA) is 95.9 Å². The minimum atomic E-state index is -0.664. The summed E-state index contributed by atoms with van der Waals surface area (Å²) in [6.07, 6.45) is 80.0. The van der Waals surface area contributed by atoms with Crippen LogP contribution < -0.4 is 5.32 Å². The number of carbonyl (C=O) groups is 2. The van der Waals surface area contributed by atoms with Crippen molar-refractivity contribution < 1.29 is 24.5 Å². The quantitative estimate of drug-likeness (QED) is 0.0417. The number of carbonyl (C=O) groups excluding carboxylic acids is 2. The fourth-order valence-corrected chi connectivity index (χ4v) is 11.5. The number of amides is 1. The van der Waals surface area contributed by atoms with Crippen molar-refractivity contribution in [2.45, 2.75) is 424 Å². The van der Waals surface area contributed by atoms with E-state index >= 15 is 0 Å². The van der Waals surface area contributed by atoms with Gasteiger partial charge in [0.25, 0.3) is 0 Å². The average Bonchev–Trinajstić information content (AvgIpc) is 3.42. The van der Waals surface area contributed by atoms with Crippen LogP contribution in [0.3, 0.4) is 0 Å². The molecule has 0 saturated heterocycles. The van der Waals surface area contributed by atoms with Gasteiger partial charge in [0.05, 0.1) is 25.4 Å². The summed E-state index contributed by atoms with van der Waals surface area (Å²) in [5, 5.41) is 23.4. The van der Waals surface area contributed by atoms with E-state index in [-0.39, 0.29) is 18.5 Å². The molecular formula is C70H139NO5. The van der Waals surface area contributed by atoms with Crippen LogP contribution in [-0.2, 0) is 14.3 Å². The molecular weight excluding hydrogens is 935 g/mol. The number of esters is 1. The predicted octanol–water partition coefficient (Wildman–Crippen LogP) is 22.6. The van der Waals surface area contributed by atoms with Crippen molar-refractivity contribution in [1.82, 2.24) is 5.32 Å². The van der Waals surface area contributed by atoms with E-state index in [4.69, 9.17) is 4.74 Å². The zero-order valence-electron chi connectivity index (χ0n) is 52.0. The van der Waals surface area contributed by atoms with Gasteiger partial charge in [-0.15, -0.1) is 0 Å². The lowest BCUT2D eigenvalue weighted by Crippen LogP contribution is -2.45. The van der Waals surface area contributed by atoms with Crippen LogP contribution in [0.4, 0.5) is 0 Å². The lowest BCUT2D eigenvalue weighted by atomic mass is 10.0. The highest BCUT2D eigenvalue weighted by Crippen LogP contribution is 2.20. The molecule has 2 atom stereocenters. The lowest BCUT2D eigenvalue weighted by molar-refractivity contribution is -0.143. The first-order chi connectivity index (χ1) is 37.5. The van der Waals surface area contributed by atoms with Crippen LogP contribution in [0, 0.1) is 0 Å². The van der Waals surface area contributed by atoms with Gasteiger partial charge in [-0.1, -0.05) is 373 Å². The number of aliphatic hydroxyl groups excluding tert-OH is 2. The van der Waals surface area contributed by atoms with Gasteiger partial charge in [0.2, 0.25) is 5.91 Å².